The molecular weight excluding hydrogens is 583 g/mol. The molecule has 0 saturated heterocycles. The van der Waals surface area contributed by atoms with Gasteiger partial charge in [0.15, 0.2) is 0 Å². The summed E-state index contributed by atoms with van der Waals surface area (Å²) in [6.07, 6.45) is 5.66. The number of amides is 2. The van der Waals surface area contributed by atoms with Crippen LogP contribution in [0.5, 0.6) is 5.75 Å². The van der Waals surface area contributed by atoms with Gasteiger partial charge in [0, 0.05) is 24.7 Å². The Morgan fingerprint density at radius 2 is 1.80 bits per heavy atom. The molecule has 0 unspecified atom stereocenters. The monoisotopic (exact) mass is 614 g/mol. The van der Waals surface area contributed by atoms with Crippen molar-refractivity contribution in [1.82, 2.24) is 10.2 Å². The van der Waals surface area contributed by atoms with Crippen molar-refractivity contribution in [2.75, 3.05) is 24.2 Å². The number of rotatable bonds is 11. The van der Waals surface area contributed by atoms with E-state index in [1.54, 1.807) is 25.1 Å². The second-order valence-corrected chi connectivity index (χ2v) is 12.4. The largest absolute Gasteiger partial charge is 0.495 e. The van der Waals surface area contributed by atoms with E-state index in [0.717, 1.165) is 48.7 Å². The maximum atomic E-state index is 13.8. The summed E-state index contributed by atoms with van der Waals surface area (Å²) in [6.45, 7) is 0.754. The zero-order valence-corrected chi connectivity index (χ0v) is 24.8. The van der Waals surface area contributed by atoms with Gasteiger partial charge in [0.05, 0.1) is 28.3 Å². The molecule has 1 N–H and O–H groups in total. The van der Waals surface area contributed by atoms with Gasteiger partial charge >= 0.3 is 0 Å². The SMILES string of the molecule is COc1ccc([N+](=O)[O-])cc1N(CC(=O)N(Cc1ccc(Cl)c(Cl)c1)[C@@H](C)C(=O)NC1CCCCC1)S(C)(=O)=O. The van der Waals surface area contributed by atoms with Crippen molar-refractivity contribution in [1.29, 1.82) is 0 Å². The second-order valence-electron chi connectivity index (χ2n) is 9.67. The van der Waals surface area contributed by atoms with Crippen LogP contribution in [-0.2, 0) is 26.2 Å². The molecule has 218 valence electrons. The van der Waals surface area contributed by atoms with Gasteiger partial charge in [-0.3, -0.25) is 24.0 Å². The number of nitrogens with zero attached hydrogens (tertiary/aromatic N) is 3. The number of nitrogens with one attached hydrogen (secondary N) is 1. The molecule has 2 aromatic rings. The number of benzene rings is 2. The number of anilines is 1. The maximum Gasteiger partial charge on any atom is 0.271 e. The van der Waals surface area contributed by atoms with E-state index in [1.807, 2.05) is 0 Å². The molecule has 11 nitrogen and oxygen atoms in total. The van der Waals surface area contributed by atoms with Crippen LogP contribution >= 0.6 is 23.2 Å². The van der Waals surface area contributed by atoms with Crippen molar-refractivity contribution in [2.45, 2.75) is 57.7 Å². The summed E-state index contributed by atoms with van der Waals surface area (Å²) < 4.78 is 31.7. The quantitative estimate of drug-likeness (QED) is 0.289. The Morgan fingerprint density at radius 3 is 2.38 bits per heavy atom. The number of carbonyl (C=O) groups excluding carboxylic acids is 2. The minimum Gasteiger partial charge on any atom is -0.495 e. The number of carbonyl (C=O) groups is 2. The van der Waals surface area contributed by atoms with Crippen molar-refractivity contribution >= 4 is 56.4 Å². The highest BCUT2D eigenvalue weighted by molar-refractivity contribution is 7.92. The predicted molar refractivity (Wildman–Crippen MR) is 153 cm³/mol. The van der Waals surface area contributed by atoms with Crippen molar-refractivity contribution in [3.63, 3.8) is 0 Å². The molecule has 1 aliphatic rings. The Labute approximate surface area is 243 Å². The van der Waals surface area contributed by atoms with Gasteiger partial charge in [-0.05, 0) is 43.5 Å². The van der Waals surface area contributed by atoms with Crippen LogP contribution in [0.4, 0.5) is 11.4 Å². The molecule has 0 aromatic heterocycles. The summed E-state index contributed by atoms with van der Waals surface area (Å²) in [5, 5.41) is 15.0. The van der Waals surface area contributed by atoms with Gasteiger partial charge in [-0.25, -0.2) is 8.42 Å². The van der Waals surface area contributed by atoms with Crippen LogP contribution in [-0.4, -0.2) is 62.0 Å². The number of non-ortho nitro benzene ring substituents is 1. The van der Waals surface area contributed by atoms with Crippen LogP contribution in [0.2, 0.25) is 10.0 Å². The van der Waals surface area contributed by atoms with Gasteiger partial charge in [-0.1, -0.05) is 48.5 Å². The molecule has 40 heavy (non-hydrogen) atoms. The van der Waals surface area contributed by atoms with Gasteiger partial charge in [-0.2, -0.15) is 0 Å². The van der Waals surface area contributed by atoms with E-state index >= 15 is 0 Å². The molecule has 0 bridgehead atoms. The molecule has 2 amide bonds. The van der Waals surface area contributed by atoms with Crippen molar-refractivity contribution < 1.29 is 27.7 Å². The molecule has 2 aromatic carbocycles. The van der Waals surface area contributed by atoms with Crippen LogP contribution in [0.25, 0.3) is 0 Å². The number of nitro groups is 1. The van der Waals surface area contributed by atoms with E-state index in [-0.39, 0.29) is 40.6 Å². The third-order valence-corrected chi connectivity index (χ3v) is 8.64. The first-order valence-corrected chi connectivity index (χ1v) is 15.3. The lowest BCUT2D eigenvalue weighted by Crippen LogP contribution is -2.53. The fourth-order valence-corrected chi connectivity index (χ4v) is 5.73. The van der Waals surface area contributed by atoms with Crippen LogP contribution in [0, 0.1) is 10.1 Å². The summed E-state index contributed by atoms with van der Waals surface area (Å²) in [5.41, 5.74) is 0.00466. The highest BCUT2D eigenvalue weighted by atomic mass is 35.5. The lowest BCUT2D eigenvalue weighted by Gasteiger charge is -2.33. The molecule has 1 aliphatic carbocycles. The highest BCUT2D eigenvalue weighted by Crippen LogP contribution is 2.34. The number of nitro benzene ring substituents is 1. The second kappa shape index (κ2) is 13.5. The average molecular weight is 616 g/mol. The number of hydrogen-bond acceptors (Lipinski definition) is 7. The van der Waals surface area contributed by atoms with Crippen molar-refractivity contribution in [3.8, 4) is 5.75 Å². The molecule has 3 rings (SSSR count). The highest BCUT2D eigenvalue weighted by Gasteiger charge is 2.33. The number of sulfonamides is 1. The van der Waals surface area contributed by atoms with E-state index in [0.29, 0.717) is 10.6 Å². The maximum absolute atomic E-state index is 13.8. The summed E-state index contributed by atoms with van der Waals surface area (Å²) in [5.74, 6) is -1.07. The van der Waals surface area contributed by atoms with E-state index in [1.165, 1.54) is 24.1 Å². The zero-order valence-electron chi connectivity index (χ0n) is 22.4. The fraction of sp³-hybridized carbons (Fsp3) is 0.462. The third kappa shape index (κ3) is 7.98. The van der Waals surface area contributed by atoms with E-state index < -0.39 is 33.4 Å². The van der Waals surface area contributed by atoms with Crippen LogP contribution in [0.1, 0.15) is 44.6 Å². The first-order valence-electron chi connectivity index (χ1n) is 12.7. The summed E-state index contributed by atoms with van der Waals surface area (Å²) >= 11 is 12.2. The molecule has 14 heteroatoms. The van der Waals surface area contributed by atoms with Crippen molar-refractivity contribution in [2.24, 2.45) is 0 Å². The molecule has 0 radical (unpaired) electrons. The van der Waals surface area contributed by atoms with E-state index in [4.69, 9.17) is 27.9 Å². The van der Waals surface area contributed by atoms with Gasteiger partial charge in [0.2, 0.25) is 21.8 Å². The van der Waals surface area contributed by atoms with E-state index in [9.17, 15) is 28.1 Å². The summed E-state index contributed by atoms with van der Waals surface area (Å²) in [7, 11) is -2.85. The van der Waals surface area contributed by atoms with Crippen LogP contribution < -0.4 is 14.4 Å². The van der Waals surface area contributed by atoms with Crippen LogP contribution in [0.15, 0.2) is 36.4 Å². The summed E-state index contributed by atoms with van der Waals surface area (Å²) in [6, 6.07) is 7.24. The van der Waals surface area contributed by atoms with Gasteiger partial charge in [0.1, 0.15) is 24.0 Å². The Bertz CT molecular complexity index is 1370. The molecular formula is C26H32Cl2N4O7S. The molecule has 0 spiro atoms. The normalized spacial score (nSPS) is 14.7. The Hall–Kier alpha value is -3.09. The Kier molecular flexibility index (Phi) is 10.6. The van der Waals surface area contributed by atoms with Crippen molar-refractivity contribution in [3.05, 3.63) is 62.1 Å². The topological polar surface area (TPSA) is 139 Å². The molecule has 1 atom stereocenters. The van der Waals surface area contributed by atoms with Crippen LogP contribution in [0.3, 0.4) is 0 Å². The summed E-state index contributed by atoms with van der Waals surface area (Å²) in [4.78, 5) is 39.0. The number of hydrogen-bond donors (Lipinski definition) is 1. The fourth-order valence-electron chi connectivity index (χ4n) is 4.57. The molecule has 1 saturated carbocycles. The van der Waals surface area contributed by atoms with Gasteiger partial charge in [0.25, 0.3) is 5.69 Å². The zero-order chi connectivity index (χ0) is 29.6. The average Bonchev–Trinajstić information content (AvgIpc) is 2.91. The number of ether oxygens (including phenoxy) is 1. The minimum atomic E-state index is -4.13. The predicted octanol–water partition coefficient (Wildman–Crippen LogP) is 4.54. The standard InChI is InChI=1S/C26H32Cl2N4O7S/c1-17(26(34)29-19-7-5-4-6-8-19)30(15-18-9-11-21(27)22(28)13-18)25(33)16-31(40(3,37)38)23-14-20(32(35)36)10-12-24(23)39-2/h9-14,17,19H,4-8,15-16H2,1-3H3,(H,29,34)/t17-/m0/s1. The third-order valence-electron chi connectivity index (χ3n) is 6.78. The molecule has 1 fully saturated rings. The van der Waals surface area contributed by atoms with E-state index in [2.05, 4.69) is 5.32 Å². The number of methoxy groups -OCH3 is 1. The number of halogens is 2. The first kappa shape index (κ1) is 31.4. The Morgan fingerprint density at radius 1 is 1.12 bits per heavy atom. The van der Waals surface area contributed by atoms with Gasteiger partial charge in [-0.15, -0.1) is 0 Å². The minimum absolute atomic E-state index is 0.00715. The Balaban J connectivity index is 1.97. The first-order chi connectivity index (χ1) is 18.8. The lowest BCUT2D eigenvalue weighted by atomic mass is 9.95. The van der Waals surface area contributed by atoms with Gasteiger partial charge < -0.3 is 15.0 Å². The smallest absolute Gasteiger partial charge is 0.271 e. The lowest BCUT2D eigenvalue weighted by molar-refractivity contribution is -0.384. The molecule has 0 aliphatic heterocycles. The molecule has 0 heterocycles.